The van der Waals surface area contributed by atoms with E-state index in [-0.39, 0.29) is 13.2 Å². The normalized spacial score (nSPS) is 11.4. The molecule has 17 heavy (non-hydrogen) atoms. The molecule has 0 atom stereocenters. The Morgan fingerprint density at radius 2 is 1.35 bits per heavy atom. The molecule has 4 nitrogen and oxygen atoms in total. The fourth-order valence-electron chi connectivity index (χ4n) is 1.15. The van der Waals surface area contributed by atoms with Crippen LogP contribution in [0, 0.1) is 5.92 Å². The van der Waals surface area contributed by atoms with Crippen LogP contribution in [0.5, 0.6) is 0 Å². The number of esters is 2. The van der Waals surface area contributed by atoms with Crippen molar-refractivity contribution in [1.82, 2.24) is 0 Å². The Morgan fingerprint density at radius 1 is 1.00 bits per heavy atom. The summed E-state index contributed by atoms with van der Waals surface area (Å²) in [6.07, 6.45) is -6.36. The third-order valence-electron chi connectivity index (χ3n) is 1.90. The number of alkyl halides is 3. The van der Waals surface area contributed by atoms with Crippen LogP contribution in [-0.2, 0) is 19.1 Å². The second-order valence-corrected chi connectivity index (χ2v) is 3.26. The van der Waals surface area contributed by atoms with Crippen molar-refractivity contribution in [3.63, 3.8) is 0 Å². The van der Waals surface area contributed by atoms with Crippen molar-refractivity contribution < 1.29 is 32.2 Å². The number of carbonyl (C=O) groups is 2. The number of halogens is 3. The molecule has 0 bridgehead atoms. The maximum Gasteiger partial charge on any atom is 0.392 e. The molecule has 0 aliphatic rings. The minimum Gasteiger partial charge on any atom is -0.466 e. The van der Waals surface area contributed by atoms with Crippen molar-refractivity contribution in [2.45, 2.75) is 32.9 Å². The lowest BCUT2D eigenvalue weighted by atomic mass is 10.0. The van der Waals surface area contributed by atoms with Crippen molar-refractivity contribution in [2.75, 3.05) is 13.2 Å². The molecule has 0 aromatic heterocycles. The van der Waals surface area contributed by atoms with Gasteiger partial charge >= 0.3 is 18.1 Å². The van der Waals surface area contributed by atoms with E-state index in [0.717, 1.165) is 0 Å². The molecule has 0 unspecified atom stereocenters. The Bertz CT molecular complexity index is 243. The van der Waals surface area contributed by atoms with E-state index in [2.05, 4.69) is 9.47 Å². The Hall–Kier alpha value is -1.27. The van der Waals surface area contributed by atoms with Gasteiger partial charge in [0.15, 0.2) is 0 Å². The summed E-state index contributed by atoms with van der Waals surface area (Å²) >= 11 is 0. The maximum atomic E-state index is 12.5. The topological polar surface area (TPSA) is 52.6 Å². The third-order valence-corrected chi connectivity index (χ3v) is 1.90. The summed E-state index contributed by atoms with van der Waals surface area (Å²) in [7, 11) is 0. The van der Waals surface area contributed by atoms with E-state index < -0.39 is 36.9 Å². The summed E-state index contributed by atoms with van der Waals surface area (Å²) < 4.78 is 46.4. The van der Waals surface area contributed by atoms with Crippen LogP contribution in [0.15, 0.2) is 0 Å². The number of hydrogen-bond acceptors (Lipinski definition) is 4. The van der Waals surface area contributed by atoms with Gasteiger partial charge in [0.05, 0.1) is 32.0 Å². The van der Waals surface area contributed by atoms with E-state index in [1.165, 1.54) is 13.8 Å². The van der Waals surface area contributed by atoms with Crippen LogP contribution in [0.3, 0.4) is 0 Å². The molecule has 100 valence electrons. The van der Waals surface area contributed by atoms with Gasteiger partial charge in [-0.2, -0.15) is 13.2 Å². The molecule has 0 aliphatic heterocycles. The SMILES string of the molecule is CCOC(=O)CC(CC(=O)OCC)C(F)(F)F. The van der Waals surface area contributed by atoms with E-state index in [0.29, 0.717) is 0 Å². The van der Waals surface area contributed by atoms with Crippen molar-refractivity contribution in [3.8, 4) is 0 Å². The molecule has 0 amide bonds. The Morgan fingerprint density at radius 3 is 1.59 bits per heavy atom. The molecule has 0 aromatic carbocycles. The van der Waals surface area contributed by atoms with Gasteiger partial charge in [0.25, 0.3) is 0 Å². The standard InChI is InChI=1S/C10H15F3O4/c1-3-16-8(14)5-7(10(11,12)13)6-9(15)17-4-2/h7H,3-6H2,1-2H3. The molecule has 0 rings (SSSR count). The van der Waals surface area contributed by atoms with Crippen LogP contribution >= 0.6 is 0 Å². The maximum absolute atomic E-state index is 12.5. The molecule has 0 heterocycles. The van der Waals surface area contributed by atoms with Crippen molar-refractivity contribution in [2.24, 2.45) is 5.92 Å². The van der Waals surface area contributed by atoms with Gasteiger partial charge in [-0.3, -0.25) is 9.59 Å². The first kappa shape index (κ1) is 15.7. The van der Waals surface area contributed by atoms with Gasteiger partial charge in [-0.05, 0) is 13.8 Å². The molecule has 0 spiro atoms. The summed E-state index contributed by atoms with van der Waals surface area (Å²) in [6, 6.07) is 0. The van der Waals surface area contributed by atoms with Crippen molar-refractivity contribution in [3.05, 3.63) is 0 Å². The fourth-order valence-corrected chi connectivity index (χ4v) is 1.15. The second-order valence-electron chi connectivity index (χ2n) is 3.26. The minimum absolute atomic E-state index is 0.00279. The lowest BCUT2D eigenvalue weighted by molar-refractivity contribution is -0.191. The molecule has 0 saturated carbocycles. The minimum atomic E-state index is -4.63. The lowest BCUT2D eigenvalue weighted by Crippen LogP contribution is -2.29. The molecule has 7 heteroatoms. The van der Waals surface area contributed by atoms with Crippen LogP contribution in [0.4, 0.5) is 13.2 Å². The summed E-state index contributed by atoms with van der Waals surface area (Å²) in [5, 5.41) is 0. The number of ether oxygens (including phenoxy) is 2. The first-order valence-corrected chi connectivity index (χ1v) is 5.19. The summed E-state index contributed by atoms with van der Waals surface area (Å²) in [5.74, 6) is -4.00. The van der Waals surface area contributed by atoms with E-state index in [4.69, 9.17) is 0 Å². The van der Waals surface area contributed by atoms with Crippen LogP contribution in [0.1, 0.15) is 26.7 Å². The van der Waals surface area contributed by atoms with Crippen molar-refractivity contribution in [1.29, 1.82) is 0 Å². The summed E-state index contributed by atoms with van der Waals surface area (Å²) in [4.78, 5) is 21.9. The molecule has 0 radical (unpaired) electrons. The zero-order valence-corrected chi connectivity index (χ0v) is 9.67. The number of rotatable bonds is 6. The smallest absolute Gasteiger partial charge is 0.392 e. The van der Waals surface area contributed by atoms with E-state index in [9.17, 15) is 22.8 Å². The highest BCUT2D eigenvalue weighted by Crippen LogP contribution is 2.32. The fraction of sp³-hybridized carbons (Fsp3) is 0.800. The highest BCUT2D eigenvalue weighted by Gasteiger charge is 2.42. The predicted octanol–water partition coefficient (Wildman–Crippen LogP) is 2.07. The quantitative estimate of drug-likeness (QED) is 0.683. The molecular weight excluding hydrogens is 241 g/mol. The van der Waals surface area contributed by atoms with Gasteiger partial charge in [-0.15, -0.1) is 0 Å². The average Bonchev–Trinajstić information content (AvgIpc) is 2.16. The van der Waals surface area contributed by atoms with Gasteiger partial charge in [-0.25, -0.2) is 0 Å². The Labute approximate surface area is 97.1 Å². The second kappa shape index (κ2) is 7.13. The van der Waals surface area contributed by atoms with Crippen LogP contribution < -0.4 is 0 Å². The van der Waals surface area contributed by atoms with Crippen LogP contribution in [-0.4, -0.2) is 31.3 Å². The molecule has 0 aromatic rings. The van der Waals surface area contributed by atoms with Crippen LogP contribution in [0.2, 0.25) is 0 Å². The van der Waals surface area contributed by atoms with Gasteiger partial charge in [-0.1, -0.05) is 0 Å². The summed E-state index contributed by atoms with van der Waals surface area (Å²) in [5.41, 5.74) is 0. The highest BCUT2D eigenvalue weighted by atomic mass is 19.4. The lowest BCUT2D eigenvalue weighted by Gasteiger charge is -2.18. The zero-order chi connectivity index (χ0) is 13.5. The van der Waals surface area contributed by atoms with Gasteiger partial charge in [0.1, 0.15) is 0 Å². The van der Waals surface area contributed by atoms with Gasteiger partial charge < -0.3 is 9.47 Å². The van der Waals surface area contributed by atoms with E-state index >= 15 is 0 Å². The highest BCUT2D eigenvalue weighted by molar-refractivity contribution is 5.73. The summed E-state index contributed by atoms with van der Waals surface area (Å²) in [6.45, 7) is 2.99. The Balaban J connectivity index is 4.45. The largest absolute Gasteiger partial charge is 0.466 e. The molecule has 0 N–H and O–H groups in total. The predicted molar refractivity (Wildman–Crippen MR) is 52.0 cm³/mol. The zero-order valence-electron chi connectivity index (χ0n) is 9.67. The monoisotopic (exact) mass is 256 g/mol. The van der Waals surface area contributed by atoms with E-state index in [1.54, 1.807) is 0 Å². The molecule has 0 fully saturated rings. The average molecular weight is 256 g/mol. The van der Waals surface area contributed by atoms with Crippen molar-refractivity contribution >= 4 is 11.9 Å². The first-order valence-electron chi connectivity index (χ1n) is 5.19. The van der Waals surface area contributed by atoms with Crippen LogP contribution in [0.25, 0.3) is 0 Å². The van der Waals surface area contributed by atoms with E-state index in [1.807, 2.05) is 0 Å². The Kier molecular flexibility index (Phi) is 6.60. The van der Waals surface area contributed by atoms with Gasteiger partial charge in [0.2, 0.25) is 0 Å². The number of carbonyl (C=O) groups excluding carboxylic acids is 2. The number of hydrogen-bond donors (Lipinski definition) is 0. The first-order chi connectivity index (χ1) is 7.81. The molecule has 0 saturated heterocycles. The third kappa shape index (κ3) is 6.80. The molecular formula is C10H15F3O4. The molecule has 0 aliphatic carbocycles. The van der Waals surface area contributed by atoms with Gasteiger partial charge in [0, 0.05) is 0 Å².